The fourth-order valence-corrected chi connectivity index (χ4v) is 2.22. The second-order valence-corrected chi connectivity index (χ2v) is 4.55. The average molecular weight is 279 g/mol. The molecule has 0 bridgehead atoms. The highest BCUT2D eigenvalue weighted by Crippen LogP contribution is 2.23. The number of likely N-dealkylation sites (N-methyl/N-ethyl adjacent to an activating group) is 1. The Hall–Kier alpha value is -1.81. The van der Waals surface area contributed by atoms with Crippen molar-refractivity contribution in [1.29, 1.82) is 0 Å². The molecule has 0 amide bonds. The summed E-state index contributed by atoms with van der Waals surface area (Å²) in [6, 6.07) is 10.0. The van der Waals surface area contributed by atoms with E-state index in [1.807, 2.05) is 6.92 Å². The molecule has 0 aromatic heterocycles. The maximum absolute atomic E-state index is 13.8. The standard InChI is InChI=1S/C16H16F3N/c1-2-20-15(12-7-3-4-8-13(12)17)10-11-6-5-9-14(18)16(11)19/h3-9,15,20H,2,10H2,1H3. The molecular weight excluding hydrogens is 263 g/mol. The average Bonchev–Trinajstić information content (AvgIpc) is 2.44. The molecule has 20 heavy (non-hydrogen) atoms. The van der Waals surface area contributed by atoms with Crippen LogP contribution in [0.4, 0.5) is 13.2 Å². The fourth-order valence-electron chi connectivity index (χ4n) is 2.22. The summed E-state index contributed by atoms with van der Waals surface area (Å²) in [7, 11) is 0. The number of nitrogens with one attached hydrogen (secondary N) is 1. The van der Waals surface area contributed by atoms with Crippen LogP contribution in [0.1, 0.15) is 24.1 Å². The van der Waals surface area contributed by atoms with Gasteiger partial charge in [-0.15, -0.1) is 0 Å². The Morgan fingerprint density at radius 3 is 2.35 bits per heavy atom. The summed E-state index contributed by atoms with van der Waals surface area (Å²) in [5.41, 5.74) is 0.692. The first-order valence-corrected chi connectivity index (χ1v) is 6.54. The van der Waals surface area contributed by atoms with Gasteiger partial charge >= 0.3 is 0 Å². The van der Waals surface area contributed by atoms with Crippen molar-refractivity contribution >= 4 is 0 Å². The van der Waals surface area contributed by atoms with Crippen molar-refractivity contribution in [2.75, 3.05) is 6.54 Å². The van der Waals surface area contributed by atoms with E-state index in [-0.39, 0.29) is 17.8 Å². The van der Waals surface area contributed by atoms with Crippen LogP contribution in [0.5, 0.6) is 0 Å². The van der Waals surface area contributed by atoms with Gasteiger partial charge in [0, 0.05) is 11.6 Å². The Bertz CT molecular complexity index is 584. The number of rotatable bonds is 5. The van der Waals surface area contributed by atoms with Crippen LogP contribution in [0.2, 0.25) is 0 Å². The van der Waals surface area contributed by atoms with Gasteiger partial charge < -0.3 is 5.32 Å². The highest BCUT2D eigenvalue weighted by molar-refractivity contribution is 5.26. The molecule has 1 atom stereocenters. The first-order valence-electron chi connectivity index (χ1n) is 6.54. The number of halogens is 3. The first kappa shape index (κ1) is 14.6. The van der Waals surface area contributed by atoms with E-state index in [1.165, 1.54) is 18.2 Å². The molecule has 1 N–H and O–H groups in total. The zero-order valence-electron chi connectivity index (χ0n) is 11.2. The van der Waals surface area contributed by atoms with Gasteiger partial charge in [-0.3, -0.25) is 0 Å². The molecule has 0 saturated heterocycles. The number of benzene rings is 2. The molecule has 0 aliphatic carbocycles. The molecule has 0 radical (unpaired) electrons. The molecule has 2 aromatic carbocycles. The van der Waals surface area contributed by atoms with Crippen LogP contribution < -0.4 is 5.32 Å². The molecule has 0 fully saturated rings. The quantitative estimate of drug-likeness (QED) is 0.872. The lowest BCUT2D eigenvalue weighted by Crippen LogP contribution is -2.24. The van der Waals surface area contributed by atoms with Gasteiger partial charge in [0.15, 0.2) is 11.6 Å². The van der Waals surface area contributed by atoms with E-state index >= 15 is 0 Å². The maximum atomic E-state index is 13.8. The van der Waals surface area contributed by atoms with Crippen LogP contribution in [0, 0.1) is 17.5 Å². The van der Waals surface area contributed by atoms with E-state index in [1.54, 1.807) is 18.2 Å². The predicted molar refractivity (Wildman–Crippen MR) is 72.9 cm³/mol. The number of hydrogen-bond acceptors (Lipinski definition) is 1. The van der Waals surface area contributed by atoms with Gasteiger partial charge in [-0.25, -0.2) is 13.2 Å². The highest BCUT2D eigenvalue weighted by Gasteiger charge is 2.18. The van der Waals surface area contributed by atoms with Gasteiger partial charge in [0.2, 0.25) is 0 Å². The van der Waals surface area contributed by atoms with Crippen molar-refractivity contribution in [3.63, 3.8) is 0 Å². The third-order valence-electron chi connectivity index (χ3n) is 3.19. The molecule has 4 heteroatoms. The molecule has 0 saturated carbocycles. The maximum Gasteiger partial charge on any atom is 0.162 e. The van der Waals surface area contributed by atoms with Crippen LogP contribution in [0.3, 0.4) is 0 Å². The highest BCUT2D eigenvalue weighted by atomic mass is 19.2. The topological polar surface area (TPSA) is 12.0 Å². The molecule has 1 nitrogen and oxygen atoms in total. The van der Waals surface area contributed by atoms with E-state index in [2.05, 4.69) is 5.32 Å². The van der Waals surface area contributed by atoms with Gasteiger partial charge in [-0.2, -0.15) is 0 Å². The summed E-state index contributed by atoms with van der Waals surface area (Å²) in [6.07, 6.45) is 0.193. The summed E-state index contributed by atoms with van der Waals surface area (Å²) in [4.78, 5) is 0. The second kappa shape index (κ2) is 6.57. The van der Waals surface area contributed by atoms with Gasteiger partial charge in [-0.1, -0.05) is 37.3 Å². The van der Waals surface area contributed by atoms with Crippen molar-refractivity contribution < 1.29 is 13.2 Å². The molecule has 0 spiro atoms. The number of hydrogen-bond donors (Lipinski definition) is 1. The fraction of sp³-hybridized carbons (Fsp3) is 0.250. The van der Waals surface area contributed by atoms with Crippen molar-refractivity contribution in [3.8, 4) is 0 Å². The Kier molecular flexibility index (Phi) is 4.79. The Labute approximate surface area is 116 Å². The smallest absolute Gasteiger partial charge is 0.162 e. The largest absolute Gasteiger partial charge is 0.310 e. The summed E-state index contributed by atoms with van der Waals surface area (Å²) in [6.45, 7) is 2.49. The minimum absolute atomic E-state index is 0.193. The minimum Gasteiger partial charge on any atom is -0.310 e. The van der Waals surface area contributed by atoms with Crippen molar-refractivity contribution in [3.05, 3.63) is 71.0 Å². The van der Waals surface area contributed by atoms with E-state index in [9.17, 15) is 13.2 Å². The summed E-state index contributed by atoms with van der Waals surface area (Å²) in [5.74, 6) is -2.10. The van der Waals surface area contributed by atoms with Gasteiger partial charge in [-0.05, 0) is 30.7 Å². The first-order chi connectivity index (χ1) is 9.63. The van der Waals surface area contributed by atoms with Gasteiger partial charge in [0.05, 0.1) is 0 Å². The summed E-state index contributed by atoms with van der Waals surface area (Å²) < 4.78 is 40.8. The molecule has 0 aliphatic rings. The van der Waals surface area contributed by atoms with Crippen molar-refractivity contribution in [2.24, 2.45) is 0 Å². The zero-order chi connectivity index (χ0) is 14.5. The third kappa shape index (κ3) is 3.20. The van der Waals surface area contributed by atoms with Crippen LogP contribution in [-0.2, 0) is 6.42 Å². The Morgan fingerprint density at radius 1 is 0.950 bits per heavy atom. The predicted octanol–water partition coefficient (Wildman–Crippen LogP) is 4.00. The zero-order valence-corrected chi connectivity index (χ0v) is 11.2. The van der Waals surface area contributed by atoms with Crippen LogP contribution in [-0.4, -0.2) is 6.54 Å². The normalized spacial score (nSPS) is 12.4. The molecule has 2 rings (SSSR count). The molecule has 0 aliphatic heterocycles. The summed E-state index contributed by atoms with van der Waals surface area (Å²) >= 11 is 0. The van der Waals surface area contributed by atoms with E-state index in [0.717, 1.165) is 6.07 Å². The molecule has 2 aromatic rings. The Morgan fingerprint density at radius 2 is 1.65 bits per heavy atom. The van der Waals surface area contributed by atoms with Crippen LogP contribution >= 0.6 is 0 Å². The summed E-state index contributed by atoms with van der Waals surface area (Å²) in [5, 5.41) is 3.11. The molecule has 106 valence electrons. The van der Waals surface area contributed by atoms with Crippen molar-refractivity contribution in [1.82, 2.24) is 5.32 Å². The van der Waals surface area contributed by atoms with Crippen LogP contribution in [0.15, 0.2) is 42.5 Å². The lowest BCUT2D eigenvalue weighted by Gasteiger charge is -2.19. The second-order valence-electron chi connectivity index (χ2n) is 4.55. The molecule has 1 unspecified atom stereocenters. The SMILES string of the molecule is CCNC(Cc1cccc(F)c1F)c1ccccc1F. The van der Waals surface area contributed by atoms with Gasteiger partial charge in [0.25, 0.3) is 0 Å². The van der Waals surface area contributed by atoms with E-state index in [4.69, 9.17) is 0 Å². The Balaban J connectivity index is 2.31. The van der Waals surface area contributed by atoms with Gasteiger partial charge in [0.1, 0.15) is 5.82 Å². The minimum atomic E-state index is -0.883. The lowest BCUT2D eigenvalue weighted by molar-refractivity contribution is 0.472. The molecular formula is C16H16F3N. The van der Waals surface area contributed by atoms with E-state index in [0.29, 0.717) is 12.1 Å². The van der Waals surface area contributed by atoms with E-state index < -0.39 is 17.7 Å². The monoisotopic (exact) mass is 279 g/mol. The van der Waals surface area contributed by atoms with Crippen molar-refractivity contribution in [2.45, 2.75) is 19.4 Å². The molecule has 0 heterocycles. The lowest BCUT2D eigenvalue weighted by atomic mass is 9.98. The third-order valence-corrected chi connectivity index (χ3v) is 3.19. The van der Waals surface area contributed by atoms with Crippen LogP contribution in [0.25, 0.3) is 0 Å².